The molecule has 6 nitrogen and oxygen atoms in total. The zero-order valence-corrected chi connectivity index (χ0v) is 19.8. The van der Waals surface area contributed by atoms with E-state index in [-0.39, 0.29) is 11.7 Å². The number of Topliss-reactive ketones (excluding diaryl/α,β-unsaturated/α-hetero) is 1. The van der Waals surface area contributed by atoms with Crippen molar-refractivity contribution in [3.8, 4) is 0 Å². The molecule has 168 valence electrons. The van der Waals surface area contributed by atoms with E-state index < -0.39 is 5.82 Å². The third-order valence-electron chi connectivity index (χ3n) is 5.62. The fourth-order valence-electron chi connectivity index (χ4n) is 3.71. The van der Waals surface area contributed by atoms with Crippen LogP contribution in [-0.4, -0.2) is 58.1 Å². The third kappa shape index (κ3) is 5.47. The highest BCUT2D eigenvalue weighted by Crippen LogP contribution is 2.25. The molecule has 8 heteroatoms. The van der Waals surface area contributed by atoms with Gasteiger partial charge in [0.25, 0.3) is 0 Å². The van der Waals surface area contributed by atoms with E-state index in [1.807, 2.05) is 16.7 Å². The topological polar surface area (TPSA) is 58.4 Å². The first-order valence-electron chi connectivity index (χ1n) is 10.7. The monoisotopic (exact) mass is 446 g/mol. The lowest BCUT2D eigenvalue weighted by molar-refractivity contribution is -0.128. The lowest BCUT2D eigenvalue weighted by atomic mass is 10.1. The summed E-state index contributed by atoms with van der Waals surface area (Å²) < 4.78 is 16.6. The lowest BCUT2D eigenvalue weighted by Crippen LogP contribution is -2.49. The molecule has 1 aromatic heterocycles. The third-order valence-corrected chi connectivity index (χ3v) is 6.58. The molecule has 1 aliphatic rings. The maximum atomic E-state index is 14.4. The molecule has 0 bridgehead atoms. The molecular formula is C23H31FN4O2S. The zero-order valence-electron chi connectivity index (χ0n) is 18.9. The van der Waals surface area contributed by atoms with E-state index in [2.05, 4.69) is 30.3 Å². The summed E-state index contributed by atoms with van der Waals surface area (Å²) in [5.74, 6) is 0.366. The molecule has 1 fully saturated rings. The van der Waals surface area contributed by atoms with Crippen molar-refractivity contribution in [2.24, 2.45) is 5.92 Å². The SMILES string of the molecule is CC(=O)c1ccc(N2CCN(C(=O)CSc3nc(C)c(C)n3CC(C)C)CC2)c(F)c1. The first kappa shape index (κ1) is 23.3. The number of thioether (sulfide) groups is 1. The van der Waals surface area contributed by atoms with Crippen molar-refractivity contribution in [3.05, 3.63) is 41.0 Å². The van der Waals surface area contributed by atoms with Gasteiger partial charge in [0.15, 0.2) is 10.9 Å². The number of benzene rings is 1. The van der Waals surface area contributed by atoms with Crippen LogP contribution in [0, 0.1) is 25.6 Å². The Balaban J connectivity index is 1.57. The number of piperazine rings is 1. The van der Waals surface area contributed by atoms with Crippen LogP contribution < -0.4 is 4.90 Å². The van der Waals surface area contributed by atoms with Crippen molar-refractivity contribution in [2.45, 2.75) is 46.3 Å². The summed E-state index contributed by atoms with van der Waals surface area (Å²) in [6.07, 6.45) is 0. The van der Waals surface area contributed by atoms with E-state index in [9.17, 15) is 14.0 Å². The average molecular weight is 447 g/mol. The molecule has 1 saturated heterocycles. The second-order valence-corrected chi connectivity index (χ2v) is 9.39. The van der Waals surface area contributed by atoms with Gasteiger partial charge in [-0.25, -0.2) is 9.37 Å². The molecule has 3 rings (SSSR count). The predicted octanol–water partition coefficient (Wildman–Crippen LogP) is 3.94. The average Bonchev–Trinajstić information content (AvgIpc) is 2.99. The number of carbonyl (C=O) groups excluding carboxylic acids is 2. The molecule has 0 aliphatic carbocycles. The lowest BCUT2D eigenvalue weighted by Gasteiger charge is -2.36. The van der Waals surface area contributed by atoms with Gasteiger partial charge in [-0.2, -0.15) is 0 Å². The number of halogens is 1. The molecule has 0 unspecified atom stereocenters. The molecule has 2 heterocycles. The highest BCUT2D eigenvalue weighted by molar-refractivity contribution is 7.99. The molecule has 31 heavy (non-hydrogen) atoms. The van der Waals surface area contributed by atoms with Crippen molar-refractivity contribution < 1.29 is 14.0 Å². The van der Waals surface area contributed by atoms with Gasteiger partial charge in [0, 0.05) is 44.0 Å². The van der Waals surface area contributed by atoms with E-state index in [0.29, 0.717) is 49.1 Å². The number of anilines is 1. The number of imidazole rings is 1. The fourth-order valence-corrected chi connectivity index (χ4v) is 4.71. The molecule has 0 saturated carbocycles. The van der Waals surface area contributed by atoms with Gasteiger partial charge < -0.3 is 14.4 Å². The summed E-state index contributed by atoms with van der Waals surface area (Å²) in [6, 6.07) is 4.59. The Hall–Kier alpha value is -2.35. The van der Waals surface area contributed by atoms with Crippen LogP contribution in [-0.2, 0) is 11.3 Å². The molecule has 0 radical (unpaired) electrons. The van der Waals surface area contributed by atoms with Crippen LogP contribution in [0.3, 0.4) is 0 Å². The molecule has 1 aliphatic heterocycles. The Morgan fingerprint density at radius 2 is 1.84 bits per heavy atom. The number of nitrogens with zero attached hydrogens (tertiary/aromatic N) is 4. The Labute approximate surface area is 187 Å². The molecule has 1 amide bonds. The number of hydrogen-bond acceptors (Lipinski definition) is 5. The standard InChI is InChI=1S/C23H31FN4O2S/c1-15(2)13-28-17(4)16(3)25-23(28)31-14-22(30)27-10-8-26(9-11-27)21-7-6-19(18(5)29)12-20(21)24/h6-7,12,15H,8-11,13-14H2,1-5H3. The summed E-state index contributed by atoms with van der Waals surface area (Å²) in [4.78, 5) is 32.6. The highest BCUT2D eigenvalue weighted by atomic mass is 32.2. The molecule has 0 N–H and O–H groups in total. The van der Waals surface area contributed by atoms with E-state index in [0.717, 1.165) is 23.1 Å². The molecule has 0 spiro atoms. The van der Waals surface area contributed by atoms with Gasteiger partial charge in [0.1, 0.15) is 5.82 Å². The molecular weight excluding hydrogens is 415 g/mol. The second-order valence-electron chi connectivity index (χ2n) is 8.45. The largest absolute Gasteiger partial charge is 0.366 e. The van der Waals surface area contributed by atoms with Crippen LogP contribution in [0.4, 0.5) is 10.1 Å². The van der Waals surface area contributed by atoms with Crippen molar-refractivity contribution in [3.63, 3.8) is 0 Å². The van der Waals surface area contributed by atoms with Gasteiger partial charge >= 0.3 is 0 Å². The zero-order chi connectivity index (χ0) is 22.7. The quantitative estimate of drug-likeness (QED) is 0.476. The number of rotatable bonds is 7. The van der Waals surface area contributed by atoms with Crippen LogP contribution in [0.15, 0.2) is 23.4 Å². The van der Waals surface area contributed by atoms with Gasteiger partial charge in [-0.3, -0.25) is 9.59 Å². The minimum atomic E-state index is -0.397. The summed E-state index contributed by atoms with van der Waals surface area (Å²) in [6.45, 7) is 12.9. The number of hydrogen-bond donors (Lipinski definition) is 0. The van der Waals surface area contributed by atoms with E-state index in [4.69, 9.17) is 0 Å². The summed E-state index contributed by atoms with van der Waals surface area (Å²) in [5, 5.41) is 0.892. The van der Waals surface area contributed by atoms with Gasteiger partial charge in [0.2, 0.25) is 5.91 Å². The number of aromatic nitrogens is 2. The molecule has 1 aromatic carbocycles. The predicted molar refractivity (Wildman–Crippen MR) is 122 cm³/mol. The summed E-state index contributed by atoms with van der Waals surface area (Å²) >= 11 is 1.48. The van der Waals surface area contributed by atoms with E-state index in [1.165, 1.54) is 24.8 Å². The van der Waals surface area contributed by atoms with E-state index in [1.54, 1.807) is 12.1 Å². The van der Waals surface area contributed by atoms with Gasteiger partial charge in [0.05, 0.1) is 17.1 Å². The fraction of sp³-hybridized carbons (Fsp3) is 0.522. The van der Waals surface area contributed by atoms with Gasteiger partial charge in [-0.1, -0.05) is 25.6 Å². The van der Waals surface area contributed by atoms with Crippen LogP contribution >= 0.6 is 11.8 Å². The smallest absolute Gasteiger partial charge is 0.233 e. The minimum Gasteiger partial charge on any atom is -0.366 e. The van der Waals surface area contributed by atoms with Gasteiger partial charge in [-0.05, 0) is 44.9 Å². The normalized spacial score (nSPS) is 14.4. The van der Waals surface area contributed by atoms with Crippen LogP contribution in [0.25, 0.3) is 0 Å². The first-order chi connectivity index (χ1) is 14.7. The van der Waals surface area contributed by atoms with E-state index >= 15 is 0 Å². The summed E-state index contributed by atoms with van der Waals surface area (Å²) in [7, 11) is 0. The maximum Gasteiger partial charge on any atom is 0.233 e. The highest BCUT2D eigenvalue weighted by Gasteiger charge is 2.24. The van der Waals surface area contributed by atoms with Crippen molar-refractivity contribution >= 4 is 29.1 Å². The number of aryl methyl sites for hydroxylation is 1. The van der Waals surface area contributed by atoms with Crippen molar-refractivity contribution in [1.29, 1.82) is 0 Å². The van der Waals surface area contributed by atoms with Crippen LogP contribution in [0.2, 0.25) is 0 Å². The van der Waals surface area contributed by atoms with Gasteiger partial charge in [-0.15, -0.1) is 0 Å². The van der Waals surface area contributed by atoms with Crippen LogP contribution in [0.1, 0.15) is 42.5 Å². The Kier molecular flexibility index (Phi) is 7.41. The number of carbonyl (C=O) groups is 2. The van der Waals surface area contributed by atoms with Crippen molar-refractivity contribution in [1.82, 2.24) is 14.5 Å². The maximum absolute atomic E-state index is 14.4. The number of amides is 1. The van der Waals surface area contributed by atoms with Crippen molar-refractivity contribution in [2.75, 3.05) is 36.8 Å². The minimum absolute atomic E-state index is 0.0754. The molecule has 2 aromatic rings. The summed E-state index contributed by atoms with van der Waals surface area (Å²) in [5.41, 5.74) is 3.00. The second kappa shape index (κ2) is 9.85. The molecule has 0 atom stereocenters. The van der Waals surface area contributed by atoms with Crippen LogP contribution in [0.5, 0.6) is 0 Å². The number of ketones is 1. The first-order valence-corrected chi connectivity index (χ1v) is 11.7. The Morgan fingerprint density at radius 3 is 2.42 bits per heavy atom. The Bertz CT molecular complexity index is 965. The Morgan fingerprint density at radius 1 is 1.16 bits per heavy atom.